The first-order valence-electron chi connectivity index (χ1n) is 7.86. The van der Waals surface area contributed by atoms with Crippen LogP contribution in [0.2, 0.25) is 0 Å². The fourth-order valence-electron chi connectivity index (χ4n) is 2.16. The standard InChI is InChI=1S/C18H16N2O6/c1-23-18(22)14-8-7-13(25-14)11-24-16(21)10-9-15-19-17(20-26-15)12-5-3-2-4-6-12/h2-8H,9-11H2,1H3. The van der Waals surface area contributed by atoms with Crippen LogP contribution in [0.1, 0.15) is 28.6 Å². The van der Waals surface area contributed by atoms with E-state index in [0.717, 1.165) is 5.56 Å². The predicted molar refractivity (Wildman–Crippen MR) is 87.9 cm³/mol. The maximum absolute atomic E-state index is 11.8. The Labute approximate surface area is 148 Å². The molecule has 0 radical (unpaired) electrons. The molecule has 134 valence electrons. The molecule has 2 heterocycles. The van der Waals surface area contributed by atoms with Gasteiger partial charge >= 0.3 is 11.9 Å². The number of ether oxygens (including phenoxy) is 2. The molecule has 0 N–H and O–H groups in total. The van der Waals surface area contributed by atoms with Crippen molar-refractivity contribution in [1.82, 2.24) is 10.1 Å². The molecule has 1 aromatic carbocycles. The minimum Gasteiger partial charge on any atom is -0.463 e. The largest absolute Gasteiger partial charge is 0.463 e. The zero-order chi connectivity index (χ0) is 18.4. The third kappa shape index (κ3) is 4.35. The van der Waals surface area contributed by atoms with Gasteiger partial charge in [-0.15, -0.1) is 0 Å². The van der Waals surface area contributed by atoms with Gasteiger partial charge in [0.25, 0.3) is 0 Å². The molecule has 0 aliphatic rings. The molecule has 8 heteroatoms. The molecular weight excluding hydrogens is 340 g/mol. The van der Waals surface area contributed by atoms with Crippen LogP contribution in [-0.2, 0) is 27.3 Å². The van der Waals surface area contributed by atoms with Crippen molar-refractivity contribution in [3.63, 3.8) is 0 Å². The number of hydrogen-bond donors (Lipinski definition) is 0. The van der Waals surface area contributed by atoms with Gasteiger partial charge in [0, 0.05) is 12.0 Å². The van der Waals surface area contributed by atoms with Crippen LogP contribution in [-0.4, -0.2) is 29.2 Å². The molecule has 0 saturated carbocycles. The van der Waals surface area contributed by atoms with Crippen molar-refractivity contribution in [2.24, 2.45) is 0 Å². The molecule has 8 nitrogen and oxygen atoms in total. The number of carbonyl (C=O) groups excluding carboxylic acids is 2. The summed E-state index contributed by atoms with van der Waals surface area (Å²) in [6.07, 6.45) is 0.352. The number of carbonyl (C=O) groups is 2. The first-order chi connectivity index (χ1) is 12.7. The Morgan fingerprint density at radius 1 is 1.12 bits per heavy atom. The summed E-state index contributed by atoms with van der Waals surface area (Å²) in [6, 6.07) is 12.4. The minimum atomic E-state index is -0.590. The Hall–Kier alpha value is -3.42. The molecule has 0 saturated heterocycles. The van der Waals surface area contributed by atoms with E-state index >= 15 is 0 Å². The normalized spacial score (nSPS) is 10.5. The van der Waals surface area contributed by atoms with E-state index in [2.05, 4.69) is 14.9 Å². The number of benzene rings is 1. The van der Waals surface area contributed by atoms with Crippen LogP contribution in [0.5, 0.6) is 0 Å². The van der Waals surface area contributed by atoms with Crippen LogP contribution in [0.25, 0.3) is 11.4 Å². The van der Waals surface area contributed by atoms with Crippen molar-refractivity contribution in [2.75, 3.05) is 7.11 Å². The van der Waals surface area contributed by atoms with E-state index in [9.17, 15) is 9.59 Å². The summed E-state index contributed by atoms with van der Waals surface area (Å²) in [5.41, 5.74) is 0.837. The van der Waals surface area contributed by atoms with Crippen molar-refractivity contribution < 1.29 is 28.0 Å². The van der Waals surface area contributed by atoms with E-state index in [-0.39, 0.29) is 25.2 Å². The van der Waals surface area contributed by atoms with E-state index < -0.39 is 11.9 Å². The van der Waals surface area contributed by atoms with Gasteiger partial charge in [0.15, 0.2) is 0 Å². The number of esters is 2. The average Bonchev–Trinajstić information content (AvgIpc) is 3.34. The summed E-state index contributed by atoms with van der Waals surface area (Å²) < 4.78 is 20.0. The van der Waals surface area contributed by atoms with Crippen LogP contribution in [0.4, 0.5) is 0 Å². The van der Waals surface area contributed by atoms with Gasteiger partial charge in [-0.05, 0) is 12.1 Å². The molecule has 0 unspecified atom stereocenters. The summed E-state index contributed by atoms with van der Waals surface area (Å²) in [5.74, 6) is 0.195. The number of aryl methyl sites for hydroxylation is 1. The quantitative estimate of drug-likeness (QED) is 0.595. The van der Waals surface area contributed by atoms with Crippen LogP contribution in [0, 0.1) is 0 Å². The molecule has 0 atom stereocenters. The van der Waals surface area contributed by atoms with E-state index in [1.54, 1.807) is 6.07 Å². The number of methoxy groups -OCH3 is 1. The SMILES string of the molecule is COC(=O)c1ccc(COC(=O)CCc2nc(-c3ccccc3)no2)o1. The molecule has 0 bridgehead atoms. The molecule has 3 rings (SSSR count). The van der Waals surface area contributed by atoms with Crippen molar-refractivity contribution in [2.45, 2.75) is 19.4 Å². The van der Waals surface area contributed by atoms with Gasteiger partial charge in [-0.2, -0.15) is 4.98 Å². The van der Waals surface area contributed by atoms with Gasteiger partial charge in [-0.25, -0.2) is 4.79 Å². The van der Waals surface area contributed by atoms with Crippen LogP contribution < -0.4 is 0 Å². The lowest BCUT2D eigenvalue weighted by molar-refractivity contribution is -0.145. The number of nitrogens with zero attached hydrogens (tertiary/aromatic N) is 2. The van der Waals surface area contributed by atoms with Crippen LogP contribution >= 0.6 is 0 Å². The van der Waals surface area contributed by atoms with Crippen molar-refractivity contribution >= 4 is 11.9 Å². The molecule has 0 spiro atoms. The van der Waals surface area contributed by atoms with Gasteiger partial charge in [0.2, 0.25) is 17.5 Å². The third-order valence-electron chi connectivity index (χ3n) is 3.47. The summed E-state index contributed by atoms with van der Waals surface area (Å²) in [5, 5.41) is 3.89. The van der Waals surface area contributed by atoms with E-state index in [1.165, 1.54) is 13.2 Å². The molecule has 26 heavy (non-hydrogen) atoms. The summed E-state index contributed by atoms with van der Waals surface area (Å²) in [6.45, 7) is -0.0745. The highest BCUT2D eigenvalue weighted by atomic mass is 16.6. The van der Waals surface area contributed by atoms with Crippen molar-refractivity contribution in [3.8, 4) is 11.4 Å². The van der Waals surface area contributed by atoms with E-state index in [4.69, 9.17) is 13.7 Å². The Morgan fingerprint density at radius 3 is 2.69 bits per heavy atom. The predicted octanol–water partition coefficient (Wildman–Crippen LogP) is 2.79. The molecule has 0 amide bonds. The second kappa shape index (κ2) is 8.11. The Kier molecular flexibility index (Phi) is 5.43. The Balaban J connectivity index is 1.46. The summed E-state index contributed by atoms with van der Waals surface area (Å²) >= 11 is 0. The fourth-order valence-corrected chi connectivity index (χ4v) is 2.16. The lowest BCUT2D eigenvalue weighted by Gasteiger charge is -2.01. The minimum absolute atomic E-state index is 0.0536. The second-order valence-electron chi connectivity index (χ2n) is 5.30. The lowest BCUT2D eigenvalue weighted by Crippen LogP contribution is -2.06. The summed E-state index contributed by atoms with van der Waals surface area (Å²) in [4.78, 5) is 27.3. The molecule has 0 fully saturated rings. The number of hydrogen-bond acceptors (Lipinski definition) is 8. The van der Waals surface area contributed by atoms with Crippen LogP contribution in [0.15, 0.2) is 51.4 Å². The number of furan rings is 1. The number of rotatable bonds is 7. The molecule has 3 aromatic rings. The van der Waals surface area contributed by atoms with E-state index in [1.807, 2.05) is 30.3 Å². The van der Waals surface area contributed by atoms with Gasteiger partial charge in [0.05, 0.1) is 13.5 Å². The number of aromatic nitrogens is 2. The van der Waals surface area contributed by atoms with Gasteiger partial charge in [0.1, 0.15) is 12.4 Å². The topological polar surface area (TPSA) is 105 Å². The smallest absolute Gasteiger partial charge is 0.373 e. The maximum atomic E-state index is 11.8. The van der Waals surface area contributed by atoms with E-state index in [0.29, 0.717) is 17.5 Å². The zero-order valence-electron chi connectivity index (χ0n) is 14.0. The van der Waals surface area contributed by atoms with Gasteiger partial charge in [-0.1, -0.05) is 35.5 Å². The summed E-state index contributed by atoms with van der Waals surface area (Å²) in [7, 11) is 1.26. The highest BCUT2D eigenvalue weighted by molar-refractivity contribution is 5.86. The Bertz CT molecular complexity index is 884. The zero-order valence-corrected chi connectivity index (χ0v) is 14.0. The third-order valence-corrected chi connectivity index (χ3v) is 3.47. The van der Waals surface area contributed by atoms with Crippen molar-refractivity contribution in [1.29, 1.82) is 0 Å². The highest BCUT2D eigenvalue weighted by Crippen LogP contribution is 2.16. The average molecular weight is 356 g/mol. The molecule has 0 aliphatic heterocycles. The first kappa shape index (κ1) is 17.4. The molecule has 0 aliphatic carbocycles. The van der Waals surface area contributed by atoms with Gasteiger partial charge in [-0.3, -0.25) is 4.79 Å². The molecular formula is C18H16N2O6. The second-order valence-corrected chi connectivity index (χ2v) is 5.30. The fraction of sp³-hybridized carbons (Fsp3) is 0.222. The van der Waals surface area contributed by atoms with Crippen LogP contribution in [0.3, 0.4) is 0 Å². The van der Waals surface area contributed by atoms with Gasteiger partial charge < -0.3 is 18.4 Å². The monoisotopic (exact) mass is 356 g/mol. The maximum Gasteiger partial charge on any atom is 0.373 e. The van der Waals surface area contributed by atoms with Crippen molar-refractivity contribution in [3.05, 3.63) is 59.9 Å². The lowest BCUT2D eigenvalue weighted by atomic mass is 10.2. The Morgan fingerprint density at radius 2 is 1.92 bits per heavy atom. The first-order valence-corrected chi connectivity index (χ1v) is 7.86. The molecule has 2 aromatic heterocycles. The highest BCUT2D eigenvalue weighted by Gasteiger charge is 2.14.